The van der Waals surface area contributed by atoms with E-state index in [1.54, 1.807) is 32.0 Å². The van der Waals surface area contributed by atoms with Gasteiger partial charge in [-0.15, -0.1) is 4.83 Å². The third-order valence-electron chi connectivity index (χ3n) is 3.37. The van der Waals surface area contributed by atoms with Crippen LogP contribution in [0.15, 0.2) is 53.9 Å². The number of hydrazine groups is 1. The Labute approximate surface area is 140 Å². The number of benzene rings is 2. The van der Waals surface area contributed by atoms with E-state index in [4.69, 9.17) is 0 Å². The van der Waals surface area contributed by atoms with Gasteiger partial charge in [0.1, 0.15) is 0 Å². The van der Waals surface area contributed by atoms with Crippen molar-refractivity contribution in [3.63, 3.8) is 0 Å². The number of sulfonamides is 1. The molecular weight excluding hydrogens is 330 g/mol. The molecule has 0 bridgehead atoms. The van der Waals surface area contributed by atoms with Crippen LogP contribution < -0.4 is 10.3 Å². The second-order valence-electron chi connectivity index (χ2n) is 5.29. The predicted molar refractivity (Wildman–Crippen MR) is 91.5 cm³/mol. The summed E-state index contributed by atoms with van der Waals surface area (Å²) in [5, 5.41) is 10.8. The maximum atomic E-state index is 12.4. The Balaban J connectivity index is 2.17. The number of non-ortho nitro benzene ring substituents is 1. The summed E-state index contributed by atoms with van der Waals surface area (Å²) in [7, 11) is -3.80. The van der Waals surface area contributed by atoms with Gasteiger partial charge in [0.2, 0.25) is 0 Å². The van der Waals surface area contributed by atoms with Crippen LogP contribution in [0.2, 0.25) is 0 Å². The number of nitrogens with zero attached hydrogens (tertiary/aromatic N) is 1. The molecule has 2 N–H and O–H groups in total. The molecule has 0 aliphatic rings. The molecule has 8 heteroatoms. The van der Waals surface area contributed by atoms with Gasteiger partial charge in [-0.2, -0.15) is 0 Å². The highest BCUT2D eigenvalue weighted by molar-refractivity contribution is 7.89. The van der Waals surface area contributed by atoms with E-state index in [2.05, 4.69) is 16.8 Å². The molecule has 0 unspecified atom stereocenters. The van der Waals surface area contributed by atoms with Crippen LogP contribution in [0.25, 0.3) is 5.70 Å². The largest absolute Gasteiger partial charge is 0.308 e. The van der Waals surface area contributed by atoms with Crippen LogP contribution in [-0.4, -0.2) is 13.3 Å². The molecule has 0 aliphatic carbocycles. The van der Waals surface area contributed by atoms with Gasteiger partial charge in [-0.1, -0.05) is 30.8 Å². The van der Waals surface area contributed by atoms with Gasteiger partial charge in [-0.05, 0) is 31.0 Å². The Morgan fingerprint density at radius 2 is 1.88 bits per heavy atom. The summed E-state index contributed by atoms with van der Waals surface area (Å²) < 4.78 is 24.8. The highest BCUT2D eigenvalue weighted by Crippen LogP contribution is 2.19. The van der Waals surface area contributed by atoms with Crippen LogP contribution in [0.4, 0.5) is 5.69 Å². The number of rotatable bonds is 6. The molecule has 0 saturated carbocycles. The third kappa shape index (κ3) is 3.98. The molecule has 0 saturated heterocycles. The average Bonchev–Trinajstić information content (AvgIpc) is 2.55. The number of hydrogen-bond acceptors (Lipinski definition) is 5. The quantitative estimate of drug-likeness (QED) is 0.618. The Morgan fingerprint density at radius 3 is 2.54 bits per heavy atom. The zero-order chi connectivity index (χ0) is 17.9. The maximum absolute atomic E-state index is 12.4. The van der Waals surface area contributed by atoms with Gasteiger partial charge in [0.25, 0.3) is 15.7 Å². The Hall–Kier alpha value is -2.71. The molecule has 0 radical (unpaired) electrons. The Kier molecular flexibility index (Phi) is 5.01. The molecule has 0 amide bonds. The lowest BCUT2D eigenvalue weighted by atomic mass is 10.1. The van der Waals surface area contributed by atoms with Crippen LogP contribution in [0.3, 0.4) is 0 Å². The number of aryl methyl sites for hydroxylation is 2. The summed E-state index contributed by atoms with van der Waals surface area (Å²) >= 11 is 0. The summed E-state index contributed by atoms with van der Waals surface area (Å²) in [6, 6.07) is 10.9. The molecule has 0 fully saturated rings. The van der Waals surface area contributed by atoms with Gasteiger partial charge in [-0.25, -0.2) is 8.42 Å². The summed E-state index contributed by atoms with van der Waals surface area (Å²) in [4.78, 5) is 12.7. The molecule has 24 heavy (non-hydrogen) atoms. The van der Waals surface area contributed by atoms with E-state index in [1.165, 1.54) is 18.2 Å². The molecule has 0 spiro atoms. The molecule has 0 aliphatic heterocycles. The minimum Gasteiger partial charge on any atom is -0.308 e. The fourth-order valence-electron chi connectivity index (χ4n) is 2.06. The Morgan fingerprint density at radius 1 is 1.17 bits per heavy atom. The molecule has 0 atom stereocenters. The molecule has 2 aromatic carbocycles. The van der Waals surface area contributed by atoms with Gasteiger partial charge >= 0.3 is 0 Å². The summed E-state index contributed by atoms with van der Waals surface area (Å²) in [6.07, 6.45) is 0. The van der Waals surface area contributed by atoms with Crippen LogP contribution in [0, 0.1) is 24.0 Å². The summed E-state index contributed by atoms with van der Waals surface area (Å²) in [5.74, 6) is 0. The van der Waals surface area contributed by atoms with E-state index in [1.807, 2.05) is 6.07 Å². The van der Waals surface area contributed by atoms with Crippen LogP contribution in [0.5, 0.6) is 0 Å². The predicted octanol–water partition coefficient (Wildman–Crippen LogP) is 2.67. The van der Waals surface area contributed by atoms with Crippen molar-refractivity contribution < 1.29 is 13.3 Å². The van der Waals surface area contributed by atoms with Crippen molar-refractivity contribution >= 4 is 21.4 Å². The fourth-order valence-corrected chi connectivity index (χ4v) is 3.26. The van der Waals surface area contributed by atoms with Crippen molar-refractivity contribution in [1.82, 2.24) is 10.3 Å². The second kappa shape index (κ2) is 6.81. The van der Waals surface area contributed by atoms with E-state index >= 15 is 0 Å². The summed E-state index contributed by atoms with van der Waals surface area (Å²) in [5.41, 5.74) is 4.43. The van der Waals surface area contributed by atoms with Gasteiger partial charge in [0.15, 0.2) is 0 Å². The topological polar surface area (TPSA) is 101 Å². The van der Waals surface area contributed by atoms with Crippen LogP contribution >= 0.6 is 0 Å². The van der Waals surface area contributed by atoms with Crippen LogP contribution in [-0.2, 0) is 10.0 Å². The van der Waals surface area contributed by atoms with E-state index in [-0.39, 0.29) is 16.3 Å². The van der Waals surface area contributed by atoms with Crippen molar-refractivity contribution in [1.29, 1.82) is 0 Å². The fraction of sp³-hybridized carbons (Fsp3) is 0.125. The normalized spacial score (nSPS) is 11.1. The molecule has 0 heterocycles. The first-order valence-electron chi connectivity index (χ1n) is 6.99. The third-order valence-corrected chi connectivity index (χ3v) is 4.76. The highest BCUT2D eigenvalue weighted by atomic mass is 32.2. The van der Waals surface area contributed by atoms with Gasteiger partial charge in [0, 0.05) is 17.7 Å². The first-order chi connectivity index (χ1) is 11.2. The summed E-state index contributed by atoms with van der Waals surface area (Å²) in [6.45, 7) is 7.20. The lowest BCUT2D eigenvalue weighted by Crippen LogP contribution is -2.36. The molecule has 7 nitrogen and oxygen atoms in total. The molecule has 0 aromatic heterocycles. The van der Waals surface area contributed by atoms with E-state index in [0.29, 0.717) is 11.1 Å². The smallest absolute Gasteiger partial charge is 0.270 e. The van der Waals surface area contributed by atoms with E-state index in [0.717, 1.165) is 5.56 Å². The molecule has 2 rings (SSSR count). The van der Waals surface area contributed by atoms with Crippen molar-refractivity contribution in [2.24, 2.45) is 0 Å². The second-order valence-corrected chi connectivity index (χ2v) is 6.94. The minimum absolute atomic E-state index is 0.104. The number of nitrogens with one attached hydrogen (secondary N) is 2. The van der Waals surface area contributed by atoms with Crippen molar-refractivity contribution in [2.75, 3.05) is 0 Å². The van der Waals surface area contributed by atoms with E-state index < -0.39 is 14.9 Å². The molecule has 126 valence electrons. The lowest BCUT2D eigenvalue weighted by Gasteiger charge is -2.13. The molecular formula is C16H17N3O4S. The van der Waals surface area contributed by atoms with Gasteiger partial charge < -0.3 is 5.43 Å². The number of nitro groups is 1. The van der Waals surface area contributed by atoms with Crippen molar-refractivity contribution in [2.45, 2.75) is 18.7 Å². The zero-order valence-corrected chi connectivity index (χ0v) is 14.1. The Bertz CT molecular complexity index is 907. The lowest BCUT2D eigenvalue weighted by molar-refractivity contribution is -0.384. The first kappa shape index (κ1) is 17.6. The highest BCUT2D eigenvalue weighted by Gasteiger charge is 2.17. The number of hydrogen-bond donors (Lipinski definition) is 2. The first-order valence-corrected chi connectivity index (χ1v) is 8.48. The van der Waals surface area contributed by atoms with E-state index in [9.17, 15) is 18.5 Å². The minimum atomic E-state index is -3.80. The van der Waals surface area contributed by atoms with Crippen molar-refractivity contribution in [3.05, 3.63) is 75.8 Å². The standard InChI is InChI=1S/C16H17N3O4S/c1-11-7-8-12(2)16(9-11)24(22,23)18-17-13(3)14-5-4-6-15(10-14)19(20)21/h4-10,17-18H,3H2,1-2H3. The van der Waals surface area contributed by atoms with Gasteiger partial charge in [-0.3, -0.25) is 10.1 Å². The number of nitro benzene ring substituents is 1. The molecule has 2 aromatic rings. The zero-order valence-electron chi connectivity index (χ0n) is 13.2. The maximum Gasteiger partial charge on any atom is 0.270 e. The average molecular weight is 347 g/mol. The van der Waals surface area contributed by atoms with Crippen molar-refractivity contribution in [3.8, 4) is 0 Å². The van der Waals surface area contributed by atoms with Gasteiger partial charge in [0.05, 0.1) is 15.5 Å². The monoisotopic (exact) mass is 347 g/mol. The van der Waals surface area contributed by atoms with Crippen LogP contribution in [0.1, 0.15) is 16.7 Å². The SMILES string of the molecule is C=C(NNS(=O)(=O)c1cc(C)ccc1C)c1cccc([N+](=O)[O-])c1.